The quantitative estimate of drug-likeness (QED) is 0.701. The van der Waals surface area contributed by atoms with Crippen molar-refractivity contribution >= 4 is 5.91 Å². The van der Waals surface area contributed by atoms with Crippen molar-refractivity contribution in [2.75, 3.05) is 26.4 Å². The molecule has 138 valence electrons. The molecule has 4 heteroatoms. The maximum atomic E-state index is 12.0. The molecule has 2 aromatic rings. The van der Waals surface area contributed by atoms with Crippen molar-refractivity contribution in [1.29, 1.82) is 0 Å². The van der Waals surface area contributed by atoms with E-state index in [1.807, 2.05) is 30.3 Å². The fourth-order valence-electron chi connectivity index (χ4n) is 3.09. The highest BCUT2D eigenvalue weighted by Gasteiger charge is 2.14. The average Bonchev–Trinajstić information content (AvgIpc) is 3.19. The Morgan fingerprint density at radius 3 is 2.58 bits per heavy atom. The lowest BCUT2D eigenvalue weighted by atomic mass is 10.0. The lowest BCUT2D eigenvalue weighted by Gasteiger charge is -2.10. The molecule has 26 heavy (non-hydrogen) atoms. The summed E-state index contributed by atoms with van der Waals surface area (Å²) in [5, 5.41) is 2.96. The van der Waals surface area contributed by atoms with Gasteiger partial charge in [0.15, 0.2) is 0 Å². The Bertz CT molecular complexity index is 664. The van der Waals surface area contributed by atoms with Gasteiger partial charge in [-0.15, -0.1) is 0 Å². The van der Waals surface area contributed by atoms with E-state index in [9.17, 15) is 4.79 Å². The first kappa shape index (κ1) is 18.6. The molecule has 2 aromatic carbocycles. The Kier molecular flexibility index (Phi) is 7.23. The first-order valence-electron chi connectivity index (χ1n) is 9.42. The average molecular weight is 353 g/mol. The van der Waals surface area contributed by atoms with Crippen molar-refractivity contribution in [1.82, 2.24) is 5.32 Å². The number of carbonyl (C=O) groups is 1. The minimum absolute atomic E-state index is 0.0524. The molecule has 1 heterocycles. The third kappa shape index (κ3) is 5.97. The molecule has 1 atom stereocenters. The van der Waals surface area contributed by atoms with Crippen LogP contribution < -0.4 is 5.32 Å². The van der Waals surface area contributed by atoms with Crippen LogP contribution in [0.5, 0.6) is 0 Å². The lowest BCUT2D eigenvalue weighted by Crippen LogP contribution is -2.27. The van der Waals surface area contributed by atoms with Gasteiger partial charge < -0.3 is 14.8 Å². The molecule has 1 saturated heterocycles. The summed E-state index contributed by atoms with van der Waals surface area (Å²) in [7, 11) is 0. The lowest BCUT2D eigenvalue weighted by molar-refractivity contribution is -0.120. The van der Waals surface area contributed by atoms with Crippen LogP contribution in [0.15, 0.2) is 54.6 Å². The summed E-state index contributed by atoms with van der Waals surface area (Å²) in [6.07, 6.45) is 3.73. The van der Waals surface area contributed by atoms with Gasteiger partial charge in [0, 0.05) is 19.8 Å². The van der Waals surface area contributed by atoms with Crippen LogP contribution in [0, 0.1) is 0 Å². The predicted octanol–water partition coefficient (Wildman–Crippen LogP) is 3.60. The van der Waals surface area contributed by atoms with E-state index >= 15 is 0 Å². The highest BCUT2D eigenvalue weighted by molar-refractivity contribution is 5.78. The van der Waals surface area contributed by atoms with Crippen LogP contribution in [0.4, 0.5) is 0 Å². The molecule has 1 amide bonds. The number of carbonyl (C=O) groups excluding carboxylic acids is 1. The van der Waals surface area contributed by atoms with E-state index in [1.165, 1.54) is 5.56 Å². The van der Waals surface area contributed by atoms with E-state index in [0.717, 1.165) is 37.0 Å². The zero-order valence-electron chi connectivity index (χ0n) is 15.2. The first-order chi connectivity index (χ1) is 12.8. The molecule has 0 bridgehead atoms. The summed E-state index contributed by atoms with van der Waals surface area (Å²) in [6.45, 7) is 2.83. The van der Waals surface area contributed by atoms with Crippen LogP contribution in [0.3, 0.4) is 0 Å². The molecule has 1 fully saturated rings. The van der Waals surface area contributed by atoms with Crippen LogP contribution in [0.2, 0.25) is 0 Å². The molecular weight excluding hydrogens is 326 g/mol. The van der Waals surface area contributed by atoms with Crippen molar-refractivity contribution < 1.29 is 14.3 Å². The van der Waals surface area contributed by atoms with Gasteiger partial charge in [-0.1, -0.05) is 54.6 Å². The molecule has 0 aromatic heterocycles. The maximum Gasteiger partial charge on any atom is 0.224 e. The Morgan fingerprint density at radius 2 is 1.85 bits per heavy atom. The topological polar surface area (TPSA) is 47.6 Å². The number of hydrogen-bond donors (Lipinski definition) is 1. The van der Waals surface area contributed by atoms with Crippen LogP contribution in [0.25, 0.3) is 11.1 Å². The second-order valence-corrected chi connectivity index (χ2v) is 6.65. The fourth-order valence-corrected chi connectivity index (χ4v) is 3.09. The summed E-state index contributed by atoms with van der Waals surface area (Å²) < 4.78 is 11.1. The molecule has 0 aliphatic carbocycles. The number of nitrogens with one attached hydrogen (secondary N) is 1. The number of ether oxygens (including phenoxy) is 2. The third-order valence-corrected chi connectivity index (χ3v) is 4.54. The molecule has 1 N–H and O–H groups in total. The Balaban J connectivity index is 1.31. The van der Waals surface area contributed by atoms with Gasteiger partial charge in [-0.3, -0.25) is 4.79 Å². The van der Waals surface area contributed by atoms with E-state index in [4.69, 9.17) is 9.47 Å². The molecule has 1 aliphatic heterocycles. The van der Waals surface area contributed by atoms with E-state index in [1.54, 1.807) is 0 Å². The number of amides is 1. The zero-order valence-corrected chi connectivity index (χ0v) is 15.2. The largest absolute Gasteiger partial charge is 0.379 e. The van der Waals surface area contributed by atoms with Crippen molar-refractivity contribution in [3.8, 4) is 11.1 Å². The summed E-state index contributed by atoms with van der Waals surface area (Å²) in [6, 6.07) is 18.4. The van der Waals surface area contributed by atoms with Crippen molar-refractivity contribution in [3.63, 3.8) is 0 Å². The smallest absolute Gasteiger partial charge is 0.224 e. The molecule has 0 saturated carbocycles. The Labute approximate surface area is 155 Å². The van der Waals surface area contributed by atoms with Gasteiger partial charge >= 0.3 is 0 Å². The van der Waals surface area contributed by atoms with Crippen LogP contribution in [-0.4, -0.2) is 38.4 Å². The highest BCUT2D eigenvalue weighted by atomic mass is 16.5. The second-order valence-electron chi connectivity index (χ2n) is 6.65. The summed E-state index contributed by atoms with van der Waals surface area (Å²) in [5.74, 6) is 0.0524. The Morgan fingerprint density at radius 1 is 1.08 bits per heavy atom. The maximum absolute atomic E-state index is 12.0. The molecule has 1 unspecified atom stereocenters. The highest BCUT2D eigenvalue weighted by Crippen LogP contribution is 2.19. The van der Waals surface area contributed by atoms with Gasteiger partial charge in [0.25, 0.3) is 0 Å². The molecule has 3 rings (SSSR count). The van der Waals surface area contributed by atoms with Crippen molar-refractivity contribution in [2.45, 2.75) is 31.8 Å². The van der Waals surface area contributed by atoms with Gasteiger partial charge in [0.05, 0.1) is 19.1 Å². The summed E-state index contributed by atoms with van der Waals surface area (Å²) in [4.78, 5) is 12.0. The van der Waals surface area contributed by atoms with Crippen LogP contribution >= 0.6 is 0 Å². The van der Waals surface area contributed by atoms with Gasteiger partial charge in [-0.2, -0.15) is 0 Å². The van der Waals surface area contributed by atoms with E-state index in [0.29, 0.717) is 26.2 Å². The second kappa shape index (κ2) is 10.1. The standard InChI is InChI=1S/C22H27NO3/c24-22(23-13-5-14-25-17-21-8-4-15-26-21)16-18-9-11-20(12-10-18)19-6-2-1-3-7-19/h1-3,6-7,9-12,21H,4-5,8,13-17H2,(H,23,24). The zero-order chi connectivity index (χ0) is 18.0. The number of hydrogen-bond acceptors (Lipinski definition) is 3. The normalized spacial score (nSPS) is 16.5. The molecule has 0 radical (unpaired) electrons. The van der Waals surface area contributed by atoms with Gasteiger partial charge in [-0.05, 0) is 36.0 Å². The van der Waals surface area contributed by atoms with Gasteiger partial charge in [0.2, 0.25) is 5.91 Å². The van der Waals surface area contributed by atoms with E-state index < -0.39 is 0 Å². The van der Waals surface area contributed by atoms with E-state index in [2.05, 4.69) is 29.6 Å². The number of rotatable bonds is 9. The SMILES string of the molecule is O=C(Cc1ccc(-c2ccccc2)cc1)NCCCOCC1CCCO1. The van der Waals surface area contributed by atoms with Crippen LogP contribution in [0.1, 0.15) is 24.8 Å². The van der Waals surface area contributed by atoms with Gasteiger partial charge in [-0.25, -0.2) is 0 Å². The third-order valence-electron chi connectivity index (χ3n) is 4.54. The predicted molar refractivity (Wildman–Crippen MR) is 103 cm³/mol. The summed E-state index contributed by atoms with van der Waals surface area (Å²) >= 11 is 0. The minimum Gasteiger partial charge on any atom is -0.379 e. The molecule has 1 aliphatic rings. The first-order valence-corrected chi connectivity index (χ1v) is 9.42. The van der Waals surface area contributed by atoms with Gasteiger partial charge in [0.1, 0.15) is 0 Å². The van der Waals surface area contributed by atoms with E-state index in [-0.39, 0.29) is 12.0 Å². The Hall–Kier alpha value is -2.17. The molecule has 0 spiro atoms. The minimum atomic E-state index is 0.0524. The molecule has 4 nitrogen and oxygen atoms in total. The number of benzene rings is 2. The monoisotopic (exact) mass is 353 g/mol. The van der Waals surface area contributed by atoms with Crippen LogP contribution in [-0.2, 0) is 20.7 Å². The van der Waals surface area contributed by atoms with Crippen molar-refractivity contribution in [2.24, 2.45) is 0 Å². The summed E-state index contributed by atoms with van der Waals surface area (Å²) in [5.41, 5.74) is 3.38. The fraction of sp³-hybridized carbons (Fsp3) is 0.409. The van der Waals surface area contributed by atoms with Crippen molar-refractivity contribution in [3.05, 3.63) is 60.2 Å². The molecular formula is C22H27NO3.